The van der Waals surface area contributed by atoms with Crippen LogP contribution in [0, 0.1) is 5.41 Å². The fourth-order valence-electron chi connectivity index (χ4n) is 1.25. The van der Waals surface area contributed by atoms with Crippen LogP contribution in [0.1, 0.15) is 20.8 Å². The lowest BCUT2D eigenvalue weighted by molar-refractivity contribution is 0.0653. The second kappa shape index (κ2) is 5.58. The Hall–Kier alpha value is -0.120. The lowest BCUT2D eigenvalue weighted by Crippen LogP contribution is -2.40. The van der Waals surface area contributed by atoms with Gasteiger partial charge in [-0.2, -0.15) is 0 Å². The maximum atomic E-state index is 9.10. The molecule has 0 spiro atoms. The monoisotopic (exact) mass is 189 g/mol. The molecule has 0 heterocycles. The van der Waals surface area contributed by atoms with Gasteiger partial charge in [-0.15, -0.1) is 0 Å². The van der Waals surface area contributed by atoms with Crippen LogP contribution in [0.5, 0.6) is 0 Å². The molecule has 0 bridgehead atoms. The van der Waals surface area contributed by atoms with E-state index in [-0.39, 0.29) is 12.0 Å². The summed E-state index contributed by atoms with van der Waals surface area (Å²) in [5, 5.41) is 9.10. The fourth-order valence-corrected chi connectivity index (χ4v) is 1.25. The van der Waals surface area contributed by atoms with E-state index in [2.05, 4.69) is 32.7 Å². The zero-order valence-electron chi connectivity index (χ0n) is 9.50. The molecule has 0 rings (SSSR count). The molecule has 0 aliphatic rings. The number of methoxy groups -OCH3 is 1. The highest BCUT2D eigenvalue weighted by molar-refractivity contribution is 4.74. The second-order valence-corrected chi connectivity index (χ2v) is 4.54. The second-order valence-electron chi connectivity index (χ2n) is 4.54. The van der Waals surface area contributed by atoms with Gasteiger partial charge in [-0.1, -0.05) is 13.8 Å². The molecule has 3 heteroatoms. The van der Waals surface area contributed by atoms with Gasteiger partial charge >= 0.3 is 0 Å². The molecule has 0 aromatic heterocycles. The SMILES string of the molecule is COCC(C)N(C)CC(C)(C)CO. The number of aliphatic hydroxyl groups is 1. The number of likely N-dealkylation sites (N-methyl/N-ethyl adjacent to an activating group) is 1. The van der Waals surface area contributed by atoms with Gasteiger partial charge in [0, 0.05) is 31.7 Å². The summed E-state index contributed by atoms with van der Waals surface area (Å²) in [5.41, 5.74) is -0.0310. The van der Waals surface area contributed by atoms with E-state index in [1.54, 1.807) is 7.11 Å². The van der Waals surface area contributed by atoms with Gasteiger partial charge in [0.15, 0.2) is 0 Å². The summed E-state index contributed by atoms with van der Waals surface area (Å²) in [7, 11) is 3.77. The third-order valence-corrected chi connectivity index (χ3v) is 2.27. The van der Waals surface area contributed by atoms with E-state index in [1.807, 2.05) is 0 Å². The van der Waals surface area contributed by atoms with Crippen LogP contribution in [-0.4, -0.2) is 50.0 Å². The molecule has 80 valence electrons. The molecule has 0 fully saturated rings. The molecule has 0 saturated heterocycles. The van der Waals surface area contributed by atoms with Crippen molar-refractivity contribution in [2.45, 2.75) is 26.8 Å². The summed E-state index contributed by atoms with van der Waals surface area (Å²) in [6.07, 6.45) is 0. The molecule has 1 unspecified atom stereocenters. The number of hydrogen-bond donors (Lipinski definition) is 1. The molecule has 3 nitrogen and oxygen atoms in total. The molecule has 0 radical (unpaired) electrons. The van der Waals surface area contributed by atoms with Gasteiger partial charge in [0.25, 0.3) is 0 Å². The quantitative estimate of drug-likeness (QED) is 0.676. The minimum Gasteiger partial charge on any atom is -0.396 e. The molecule has 0 aliphatic carbocycles. The summed E-state index contributed by atoms with van der Waals surface area (Å²) < 4.78 is 5.07. The maximum absolute atomic E-state index is 9.10. The van der Waals surface area contributed by atoms with Crippen LogP contribution in [-0.2, 0) is 4.74 Å². The van der Waals surface area contributed by atoms with Crippen LogP contribution in [0.25, 0.3) is 0 Å². The minimum absolute atomic E-state index is 0.0310. The summed E-state index contributed by atoms with van der Waals surface area (Å²) in [4.78, 5) is 2.21. The van der Waals surface area contributed by atoms with Gasteiger partial charge in [0.1, 0.15) is 0 Å². The molecule has 0 aliphatic heterocycles. The first-order chi connectivity index (χ1) is 5.93. The smallest absolute Gasteiger partial charge is 0.0615 e. The Balaban J connectivity index is 3.91. The van der Waals surface area contributed by atoms with Crippen LogP contribution < -0.4 is 0 Å². The molecule has 0 aromatic rings. The summed E-state index contributed by atoms with van der Waals surface area (Å²) >= 11 is 0. The lowest BCUT2D eigenvalue weighted by Gasteiger charge is -2.32. The average Bonchev–Trinajstić information content (AvgIpc) is 2.04. The Morgan fingerprint density at radius 2 is 2.00 bits per heavy atom. The van der Waals surface area contributed by atoms with Crippen molar-refractivity contribution in [1.29, 1.82) is 0 Å². The van der Waals surface area contributed by atoms with E-state index >= 15 is 0 Å². The van der Waals surface area contributed by atoms with E-state index < -0.39 is 0 Å². The lowest BCUT2D eigenvalue weighted by atomic mass is 9.94. The van der Waals surface area contributed by atoms with Crippen LogP contribution >= 0.6 is 0 Å². The minimum atomic E-state index is -0.0310. The molecule has 0 amide bonds. The van der Waals surface area contributed by atoms with Crippen molar-refractivity contribution >= 4 is 0 Å². The Bertz CT molecular complexity index is 137. The number of nitrogens with zero attached hydrogens (tertiary/aromatic N) is 1. The van der Waals surface area contributed by atoms with E-state index in [0.717, 1.165) is 13.2 Å². The molecule has 13 heavy (non-hydrogen) atoms. The first kappa shape index (κ1) is 12.9. The Morgan fingerprint density at radius 1 is 1.46 bits per heavy atom. The van der Waals surface area contributed by atoms with E-state index in [0.29, 0.717) is 6.04 Å². The fraction of sp³-hybridized carbons (Fsp3) is 1.00. The molecule has 1 atom stereocenters. The zero-order chi connectivity index (χ0) is 10.5. The maximum Gasteiger partial charge on any atom is 0.0615 e. The van der Waals surface area contributed by atoms with Crippen LogP contribution in [0.4, 0.5) is 0 Å². The Labute approximate surface area is 81.7 Å². The van der Waals surface area contributed by atoms with Crippen LogP contribution in [0.3, 0.4) is 0 Å². The molecular formula is C10H23NO2. The van der Waals surface area contributed by atoms with Crippen molar-refractivity contribution in [1.82, 2.24) is 4.90 Å². The number of rotatable bonds is 6. The Kier molecular flexibility index (Phi) is 5.53. The normalized spacial score (nSPS) is 15.0. The van der Waals surface area contributed by atoms with E-state index in [9.17, 15) is 0 Å². The first-order valence-electron chi connectivity index (χ1n) is 4.73. The van der Waals surface area contributed by atoms with Crippen LogP contribution in [0.15, 0.2) is 0 Å². The molecule has 1 N–H and O–H groups in total. The highest BCUT2D eigenvalue weighted by atomic mass is 16.5. The van der Waals surface area contributed by atoms with Crippen LogP contribution in [0.2, 0.25) is 0 Å². The number of ether oxygens (including phenoxy) is 1. The predicted molar refractivity (Wildman–Crippen MR) is 54.8 cm³/mol. The molecule has 0 aromatic carbocycles. The van der Waals surface area contributed by atoms with E-state index in [4.69, 9.17) is 9.84 Å². The molecular weight excluding hydrogens is 166 g/mol. The van der Waals surface area contributed by atoms with Gasteiger partial charge in [0.05, 0.1) is 6.61 Å². The predicted octanol–water partition coefficient (Wildman–Crippen LogP) is 0.972. The Morgan fingerprint density at radius 3 is 2.38 bits per heavy atom. The van der Waals surface area contributed by atoms with Crippen molar-refractivity contribution in [3.05, 3.63) is 0 Å². The van der Waals surface area contributed by atoms with Gasteiger partial charge < -0.3 is 14.7 Å². The number of hydrogen-bond acceptors (Lipinski definition) is 3. The summed E-state index contributed by atoms with van der Waals surface area (Å²) in [5.74, 6) is 0. The van der Waals surface area contributed by atoms with Gasteiger partial charge in [-0.05, 0) is 14.0 Å². The topological polar surface area (TPSA) is 32.7 Å². The van der Waals surface area contributed by atoms with Crippen molar-refractivity contribution in [3.8, 4) is 0 Å². The van der Waals surface area contributed by atoms with Crippen molar-refractivity contribution < 1.29 is 9.84 Å². The van der Waals surface area contributed by atoms with E-state index in [1.165, 1.54) is 0 Å². The van der Waals surface area contributed by atoms with Crippen molar-refractivity contribution in [3.63, 3.8) is 0 Å². The zero-order valence-corrected chi connectivity index (χ0v) is 9.50. The highest BCUT2D eigenvalue weighted by Gasteiger charge is 2.21. The average molecular weight is 189 g/mol. The summed E-state index contributed by atoms with van der Waals surface area (Å²) in [6, 6.07) is 0.399. The standard InChI is InChI=1S/C10H23NO2/c1-9(6-13-5)11(4)7-10(2,3)8-12/h9,12H,6-8H2,1-5H3. The third-order valence-electron chi connectivity index (χ3n) is 2.27. The number of aliphatic hydroxyl groups excluding tert-OH is 1. The van der Waals surface area contributed by atoms with Gasteiger partial charge in [0.2, 0.25) is 0 Å². The highest BCUT2D eigenvalue weighted by Crippen LogP contribution is 2.16. The van der Waals surface area contributed by atoms with Gasteiger partial charge in [-0.25, -0.2) is 0 Å². The van der Waals surface area contributed by atoms with Crippen molar-refractivity contribution in [2.75, 3.05) is 33.9 Å². The summed E-state index contributed by atoms with van der Waals surface area (Å²) in [6.45, 7) is 8.08. The first-order valence-corrected chi connectivity index (χ1v) is 4.73. The molecule has 0 saturated carbocycles. The third kappa shape index (κ3) is 5.24. The largest absolute Gasteiger partial charge is 0.396 e. The van der Waals surface area contributed by atoms with Gasteiger partial charge in [-0.3, -0.25) is 0 Å². The van der Waals surface area contributed by atoms with Crippen molar-refractivity contribution in [2.24, 2.45) is 5.41 Å².